The van der Waals surface area contributed by atoms with Gasteiger partial charge in [-0.05, 0) is 86.6 Å². The minimum absolute atomic E-state index is 0.120. The van der Waals surface area contributed by atoms with Crippen LogP contribution in [0, 0.1) is 6.92 Å². The van der Waals surface area contributed by atoms with Crippen LogP contribution in [0.3, 0.4) is 0 Å². The molecule has 4 rings (SSSR count). The first-order chi connectivity index (χ1) is 14.6. The first-order valence-electron chi connectivity index (χ1n) is 11.5. The van der Waals surface area contributed by atoms with Crippen molar-refractivity contribution in [1.29, 1.82) is 0 Å². The lowest BCUT2D eigenvalue weighted by Crippen LogP contribution is -2.37. The molecule has 0 N–H and O–H groups in total. The Morgan fingerprint density at radius 3 is 1.74 bits per heavy atom. The van der Waals surface area contributed by atoms with Crippen molar-refractivity contribution in [2.45, 2.75) is 72.9 Å². The van der Waals surface area contributed by atoms with Crippen LogP contribution in [0.2, 0.25) is 0 Å². The average Bonchev–Trinajstić information content (AvgIpc) is 2.70. The van der Waals surface area contributed by atoms with E-state index in [-0.39, 0.29) is 5.41 Å². The lowest BCUT2D eigenvalue weighted by Gasteiger charge is -2.44. The molecule has 0 saturated carbocycles. The van der Waals surface area contributed by atoms with Crippen LogP contribution in [-0.2, 0) is 5.41 Å². The molecule has 0 bridgehead atoms. The second kappa shape index (κ2) is 7.75. The number of nitrogens with zero attached hydrogens (tertiary/aromatic N) is 2. The van der Waals surface area contributed by atoms with Gasteiger partial charge in [-0.25, -0.2) is 0 Å². The summed E-state index contributed by atoms with van der Waals surface area (Å²) < 4.78 is 0. The SMILES string of the molecule is Cc1ccccc1-c1ccc2c(c1)N(C(C)C)c1ccc(C(C)(C)C)cc1N2C(C)C. The maximum absolute atomic E-state index is 2.51. The lowest BCUT2D eigenvalue weighted by molar-refractivity contribution is 0.589. The van der Waals surface area contributed by atoms with Crippen LogP contribution in [0.25, 0.3) is 11.1 Å². The summed E-state index contributed by atoms with van der Waals surface area (Å²) in [5, 5.41) is 0. The molecule has 1 heterocycles. The van der Waals surface area contributed by atoms with E-state index < -0.39 is 0 Å². The zero-order valence-corrected chi connectivity index (χ0v) is 20.3. The minimum atomic E-state index is 0.120. The second-order valence-electron chi connectivity index (χ2n) is 10.4. The van der Waals surface area contributed by atoms with Crippen molar-refractivity contribution >= 4 is 22.7 Å². The molecule has 1 aliphatic heterocycles. The van der Waals surface area contributed by atoms with Crippen molar-refractivity contribution in [2.24, 2.45) is 0 Å². The maximum Gasteiger partial charge on any atom is 0.0661 e. The monoisotopic (exact) mass is 412 g/mol. The molecule has 0 spiro atoms. The van der Waals surface area contributed by atoms with Gasteiger partial charge >= 0.3 is 0 Å². The number of fused-ring (bicyclic) bond motifs is 2. The van der Waals surface area contributed by atoms with Gasteiger partial charge in [0.15, 0.2) is 0 Å². The van der Waals surface area contributed by atoms with Gasteiger partial charge in [-0.2, -0.15) is 0 Å². The molecule has 162 valence electrons. The van der Waals surface area contributed by atoms with E-state index >= 15 is 0 Å². The Balaban J connectivity index is 1.96. The molecule has 0 saturated heterocycles. The van der Waals surface area contributed by atoms with E-state index in [0.717, 1.165) is 0 Å². The zero-order chi connectivity index (χ0) is 22.5. The van der Waals surface area contributed by atoms with Crippen LogP contribution in [0.1, 0.15) is 59.6 Å². The normalized spacial score (nSPS) is 13.6. The smallest absolute Gasteiger partial charge is 0.0661 e. The molecule has 31 heavy (non-hydrogen) atoms. The molecular formula is C29H36N2. The summed E-state index contributed by atoms with van der Waals surface area (Å²) in [7, 11) is 0. The number of hydrogen-bond donors (Lipinski definition) is 0. The summed E-state index contributed by atoms with van der Waals surface area (Å²) in [5.41, 5.74) is 10.6. The first kappa shape index (κ1) is 21.5. The van der Waals surface area contributed by atoms with Gasteiger partial charge in [-0.3, -0.25) is 0 Å². The van der Waals surface area contributed by atoms with Gasteiger partial charge in [0.25, 0.3) is 0 Å². The van der Waals surface area contributed by atoms with Gasteiger partial charge in [0.05, 0.1) is 22.7 Å². The van der Waals surface area contributed by atoms with Gasteiger partial charge < -0.3 is 9.80 Å². The predicted octanol–water partition coefficient (Wildman–Crippen LogP) is 8.37. The van der Waals surface area contributed by atoms with Crippen molar-refractivity contribution in [2.75, 3.05) is 9.80 Å². The largest absolute Gasteiger partial charge is 0.336 e. The van der Waals surface area contributed by atoms with E-state index in [9.17, 15) is 0 Å². The summed E-state index contributed by atoms with van der Waals surface area (Å²) in [6, 6.07) is 23.4. The molecule has 3 aromatic rings. The summed E-state index contributed by atoms with van der Waals surface area (Å²) in [6.45, 7) is 18.2. The van der Waals surface area contributed by atoms with Crippen LogP contribution in [0.5, 0.6) is 0 Å². The fraction of sp³-hybridized carbons (Fsp3) is 0.379. The molecule has 0 fully saturated rings. The third-order valence-electron chi connectivity index (χ3n) is 6.34. The highest BCUT2D eigenvalue weighted by molar-refractivity contribution is 5.96. The van der Waals surface area contributed by atoms with E-state index in [1.54, 1.807) is 0 Å². The number of rotatable bonds is 3. The number of hydrogen-bond acceptors (Lipinski definition) is 2. The van der Waals surface area contributed by atoms with E-state index in [2.05, 4.69) is 126 Å². The Bertz CT molecular complexity index is 1100. The van der Waals surface area contributed by atoms with Gasteiger partial charge in [-0.1, -0.05) is 57.2 Å². The van der Waals surface area contributed by atoms with Crippen LogP contribution in [0.4, 0.5) is 22.7 Å². The highest BCUT2D eigenvalue weighted by Crippen LogP contribution is 2.51. The van der Waals surface area contributed by atoms with Gasteiger partial charge in [0.1, 0.15) is 0 Å². The standard InChI is InChI=1S/C29H36N2/c1-19(2)30-26-16-14-23(29(6,7)8)18-28(26)31(20(3)4)25-15-13-22(17-27(25)30)24-12-10-9-11-21(24)5/h9-20H,1-8H3. The predicted molar refractivity (Wildman–Crippen MR) is 136 cm³/mol. The Morgan fingerprint density at radius 1 is 0.645 bits per heavy atom. The maximum atomic E-state index is 2.51. The molecule has 0 aliphatic carbocycles. The van der Waals surface area contributed by atoms with Crippen molar-refractivity contribution < 1.29 is 0 Å². The Kier molecular flexibility index (Phi) is 5.37. The van der Waals surface area contributed by atoms with E-state index in [0.29, 0.717) is 12.1 Å². The summed E-state index contributed by atoms with van der Waals surface area (Å²) >= 11 is 0. The second-order valence-corrected chi connectivity index (χ2v) is 10.4. The molecule has 0 aromatic heterocycles. The zero-order valence-electron chi connectivity index (χ0n) is 20.3. The van der Waals surface area contributed by atoms with E-state index in [4.69, 9.17) is 0 Å². The fourth-order valence-electron chi connectivity index (χ4n) is 4.74. The van der Waals surface area contributed by atoms with Gasteiger partial charge in [0, 0.05) is 12.1 Å². The van der Waals surface area contributed by atoms with E-state index in [1.165, 1.54) is 45.0 Å². The molecule has 0 radical (unpaired) electrons. The Labute approximate surface area is 188 Å². The molecule has 0 atom stereocenters. The third kappa shape index (κ3) is 3.73. The Morgan fingerprint density at radius 2 is 1.19 bits per heavy atom. The molecule has 3 aromatic carbocycles. The molecule has 2 nitrogen and oxygen atoms in total. The fourth-order valence-corrected chi connectivity index (χ4v) is 4.74. The number of benzene rings is 3. The van der Waals surface area contributed by atoms with Crippen LogP contribution in [-0.4, -0.2) is 12.1 Å². The number of aryl methyl sites for hydroxylation is 1. The van der Waals surface area contributed by atoms with Crippen LogP contribution < -0.4 is 9.80 Å². The first-order valence-corrected chi connectivity index (χ1v) is 11.5. The van der Waals surface area contributed by atoms with Gasteiger partial charge in [0.2, 0.25) is 0 Å². The third-order valence-corrected chi connectivity index (χ3v) is 6.34. The molecule has 1 aliphatic rings. The Hall–Kier alpha value is -2.74. The number of anilines is 4. The van der Waals surface area contributed by atoms with Crippen LogP contribution >= 0.6 is 0 Å². The van der Waals surface area contributed by atoms with Gasteiger partial charge in [-0.15, -0.1) is 0 Å². The quantitative estimate of drug-likeness (QED) is 0.426. The van der Waals surface area contributed by atoms with Crippen LogP contribution in [0.15, 0.2) is 60.7 Å². The van der Waals surface area contributed by atoms with Crippen molar-refractivity contribution in [1.82, 2.24) is 0 Å². The minimum Gasteiger partial charge on any atom is -0.336 e. The molecule has 0 unspecified atom stereocenters. The van der Waals surface area contributed by atoms with Crippen molar-refractivity contribution in [3.63, 3.8) is 0 Å². The summed E-state index contributed by atoms with van der Waals surface area (Å²) in [5.74, 6) is 0. The lowest BCUT2D eigenvalue weighted by atomic mass is 9.85. The molecule has 0 amide bonds. The van der Waals surface area contributed by atoms with Crippen molar-refractivity contribution in [3.8, 4) is 11.1 Å². The summed E-state index contributed by atoms with van der Waals surface area (Å²) in [6.07, 6.45) is 0. The highest BCUT2D eigenvalue weighted by atomic mass is 15.3. The molecular weight excluding hydrogens is 376 g/mol. The highest BCUT2D eigenvalue weighted by Gasteiger charge is 2.32. The average molecular weight is 413 g/mol. The topological polar surface area (TPSA) is 6.48 Å². The van der Waals surface area contributed by atoms with E-state index in [1.807, 2.05) is 0 Å². The summed E-state index contributed by atoms with van der Waals surface area (Å²) in [4.78, 5) is 5.03. The molecule has 2 heteroatoms. The van der Waals surface area contributed by atoms with Crippen molar-refractivity contribution in [3.05, 3.63) is 71.8 Å².